The van der Waals surface area contributed by atoms with Crippen molar-refractivity contribution in [1.29, 1.82) is 0 Å². The Bertz CT molecular complexity index is 1100. The number of likely N-dealkylation sites (tertiary alicyclic amines) is 1. The Kier molecular flexibility index (Phi) is 8.85. The lowest BCUT2D eigenvalue weighted by Gasteiger charge is -2.53. The van der Waals surface area contributed by atoms with E-state index < -0.39 is 71.9 Å². The van der Waals surface area contributed by atoms with Crippen molar-refractivity contribution < 1.29 is 48.4 Å². The van der Waals surface area contributed by atoms with Gasteiger partial charge in [0.1, 0.15) is 11.8 Å². The number of nitrogens with two attached hydrogens (primary N) is 1. The molecule has 38 heavy (non-hydrogen) atoms. The van der Waals surface area contributed by atoms with Crippen molar-refractivity contribution >= 4 is 41.6 Å². The standard InChI is InChI=1S/C24H30ClN3O10/c1-11(2)18(29)24-17(15(8-9-25)19(30)27-24)28(21(24)33)22(34)36-12(3)37-23(35)38-14-6-4-13(5-7-14)10-16(26)20(31)32/h4-7,11-12,15-18,29H,8-10,26H2,1-3H3,(H,27,30)(H,31,32)/t12?,15-,16?,17+,18+,24+/m0/s1. The normalized spacial score (nSPS) is 24.6. The van der Waals surface area contributed by atoms with Crippen LogP contribution in [0.25, 0.3) is 0 Å². The number of alkyl halides is 1. The number of fused-ring (bicyclic) bond motifs is 1. The fraction of sp³-hybridized carbons (Fsp3) is 0.542. The van der Waals surface area contributed by atoms with Crippen LogP contribution in [0.15, 0.2) is 24.3 Å². The predicted octanol–water partition coefficient (Wildman–Crippen LogP) is 0.980. The molecule has 13 nitrogen and oxygen atoms in total. The second-order valence-corrected chi connectivity index (χ2v) is 9.84. The highest BCUT2D eigenvalue weighted by Crippen LogP contribution is 2.46. The number of nitrogens with one attached hydrogen (secondary N) is 1. The summed E-state index contributed by atoms with van der Waals surface area (Å²) in [6.07, 6.45) is -4.88. The number of carboxylic acids is 1. The maximum absolute atomic E-state index is 13.1. The molecule has 14 heteroatoms. The molecule has 0 aliphatic carbocycles. The fourth-order valence-corrected chi connectivity index (χ4v) is 4.91. The van der Waals surface area contributed by atoms with E-state index in [0.29, 0.717) is 5.56 Å². The molecule has 0 radical (unpaired) electrons. The number of aliphatic hydroxyl groups excluding tert-OH is 1. The molecule has 2 aliphatic heterocycles. The number of β-lactam (4-membered cyclic amide) rings is 1. The van der Waals surface area contributed by atoms with E-state index in [1.54, 1.807) is 13.8 Å². The quantitative estimate of drug-likeness (QED) is 0.106. The third kappa shape index (κ3) is 5.54. The van der Waals surface area contributed by atoms with Crippen molar-refractivity contribution in [2.75, 3.05) is 5.88 Å². The number of aliphatic hydroxyl groups is 1. The number of amides is 3. The van der Waals surface area contributed by atoms with Crippen LogP contribution in [0.5, 0.6) is 5.75 Å². The van der Waals surface area contributed by atoms with Crippen molar-refractivity contribution in [2.45, 2.75) is 63.6 Å². The molecule has 0 spiro atoms. The molecule has 2 fully saturated rings. The predicted molar refractivity (Wildman–Crippen MR) is 130 cm³/mol. The molecule has 2 heterocycles. The summed E-state index contributed by atoms with van der Waals surface area (Å²) < 4.78 is 15.0. The minimum Gasteiger partial charge on any atom is -0.480 e. The summed E-state index contributed by atoms with van der Waals surface area (Å²) >= 11 is 5.82. The van der Waals surface area contributed by atoms with E-state index in [-0.39, 0.29) is 24.5 Å². The first-order chi connectivity index (χ1) is 17.8. The Balaban J connectivity index is 1.61. The van der Waals surface area contributed by atoms with E-state index in [1.165, 1.54) is 31.2 Å². The highest BCUT2D eigenvalue weighted by molar-refractivity contribution is 6.18. The Hall–Kier alpha value is -3.42. The second-order valence-electron chi connectivity index (χ2n) is 9.47. The first-order valence-electron chi connectivity index (χ1n) is 11.9. The van der Waals surface area contributed by atoms with Crippen LogP contribution in [0.3, 0.4) is 0 Å². The SMILES string of the molecule is CC(OC(=O)Oc1ccc(CC(N)C(=O)O)cc1)OC(=O)N1C(=O)[C@@]2([C@H](O)C(C)C)NC(=O)[C@@H](CCCl)[C@@H]12. The fourth-order valence-electron chi connectivity index (χ4n) is 4.67. The molecule has 0 aromatic heterocycles. The molecule has 0 bridgehead atoms. The maximum Gasteiger partial charge on any atom is 0.516 e. The minimum atomic E-state index is -1.68. The number of carbonyl (C=O) groups excluding carboxylic acids is 4. The Morgan fingerprint density at radius 3 is 2.34 bits per heavy atom. The molecule has 6 atom stereocenters. The summed E-state index contributed by atoms with van der Waals surface area (Å²) in [5.41, 5.74) is 4.42. The second kappa shape index (κ2) is 11.5. The van der Waals surface area contributed by atoms with Crippen LogP contribution in [-0.4, -0.2) is 81.0 Å². The third-order valence-corrected chi connectivity index (χ3v) is 6.72. The lowest BCUT2D eigenvalue weighted by atomic mass is 9.69. The molecule has 3 rings (SSSR count). The van der Waals surface area contributed by atoms with Crippen LogP contribution in [0.2, 0.25) is 0 Å². The van der Waals surface area contributed by atoms with E-state index >= 15 is 0 Å². The number of benzene rings is 1. The number of carbonyl (C=O) groups is 5. The van der Waals surface area contributed by atoms with Gasteiger partial charge in [0, 0.05) is 12.8 Å². The first-order valence-corrected chi connectivity index (χ1v) is 12.4. The maximum atomic E-state index is 13.1. The summed E-state index contributed by atoms with van der Waals surface area (Å²) in [5.74, 6) is -3.59. The summed E-state index contributed by atoms with van der Waals surface area (Å²) in [6.45, 7) is 4.57. The Morgan fingerprint density at radius 2 is 1.79 bits per heavy atom. The number of ether oxygens (including phenoxy) is 3. The lowest BCUT2D eigenvalue weighted by Crippen LogP contribution is -2.82. The number of halogens is 1. The van der Waals surface area contributed by atoms with Gasteiger partial charge >= 0.3 is 18.2 Å². The summed E-state index contributed by atoms with van der Waals surface area (Å²) in [5, 5.41) is 22.2. The van der Waals surface area contributed by atoms with E-state index in [4.69, 9.17) is 36.7 Å². The molecular formula is C24H30ClN3O10. The number of hydrogen-bond donors (Lipinski definition) is 4. The molecule has 2 unspecified atom stereocenters. The number of hydrogen-bond acceptors (Lipinski definition) is 10. The molecule has 1 aromatic carbocycles. The van der Waals surface area contributed by atoms with Crippen molar-refractivity contribution in [3.05, 3.63) is 29.8 Å². The zero-order valence-corrected chi connectivity index (χ0v) is 21.7. The zero-order chi connectivity index (χ0) is 28.4. The smallest absolute Gasteiger partial charge is 0.480 e. The van der Waals surface area contributed by atoms with Crippen molar-refractivity contribution in [3.8, 4) is 5.75 Å². The van der Waals surface area contributed by atoms with E-state index in [9.17, 15) is 29.1 Å². The molecule has 5 N–H and O–H groups in total. The molecule has 0 saturated carbocycles. The van der Waals surface area contributed by atoms with Crippen molar-refractivity contribution in [2.24, 2.45) is 17.6 Å². The Labute approximate surface area is 223 Å². The van der Waals surface area contributed by atoms with Crippen LogP contribution in [-0.2, 0) is 30.3 Å². The zero-order valence-electron chi connectivity index (χ0n) is 21.0. The number of carboxylic acid groups (broad SMARTS) is 1. The third-order valence-electron chi connectivity index (χ3n) is 6.51. The largest absolute Gasteiger partial charge is 0.516 e. The average Bonchev–Trinajstić information content (AvgIpc) is 3.08. The lowest BCUT2D eigenvalue weighted by molar-refractivity contribution is -0.173. The van der Waals surface area contributed by atoms with Crippen molar-refractivity contribution in [3.63, 3.8) is 0 Å². The van der Waals surface area contributed by atoms with Gasteiger partial charge in [-0.05, 0) is 36.5 Å². The van der Waals surface area contributed by atoms with E-state index in [1.807, 2.05) is 0 Å². The Morgan fingerprint density at radius 1 is 1.16 bits per heavy atom. The molecule has 2 saturated heterocycles. The van der Waals surface area contributed by atoms with Gasteiger partial charge in [-0.2, -0.15) is 0 Å². The molecule has 3 amide bonds. The van der Waals surface area contributed by atoms with Gasteiger partial charge in [-0.3, -0.25) is 14.4 Å². The minimum absolute atomic E-state index is 0.0750. The van der Waals surface area contributed by atoms with Gasteiger partial charge in [0.25, 0.3) is 5.91 Å². The molecule has 1 aromatic rings. The van der Waals surface area contributed by atoms with Gasteiger partial charge in [-0.15, -0.1) is 11.6 Å². The van der Waals surface area contributed by atoms with Crippen LogP contribution < -0.4 is 15.8 Å². The average molecular weight is 556 g/mol. The monoisotopic (exact) mass is 555 g/mol. The van der Waals surface area contributed by atoms with Crippen LogP contribution in [0, 0.1) is 11.8 Å². The number of aliphatic carboxylic acids is 1. The highest BCUT2D eigenvalue weighted by Gasteiger charge is 2.74. The number of rotatable bonds is 10. The summed E-state index contributed by atoms with van der Waals surface area (Å²) in [7, 11) is 0. The summed E-state index contributed by atoms with van der Waals surface area (Å²) in [4.78, 5) is 62.2. The van der Waals surface area contributed by atoms with Crippen molar-refractivity contribution in [1.82, 2.24) is 10.2 Å². The van der Waals surface area contributed by atoms with Gasteiger partial charge in [0.2, 0.25) is 12.2 Å². The van der Waals surface area contributed by atoms with Gasteiger partial charge in [0.15, 0.2) is 5.54 Å². The number of nitrogens with zero attached hydrogens (tertiary/aromatic N) is 1. The molecule has 208 valence electrons. The highest BCUT2D eigenvalue weighted by atomic mass is 35.5. The number of imide groups is 1. The van der Waals surface area contributed by atoms with Crippen LogP contribution in [0.4, 0.5) is 9.59 Å². The van der Waals surface area contributed by atoms with Gasteiger partial charge in [0.05, 0.1) is 18.1 Å². The first kappa shape index (κ1) is 29.1. The molecular weight excluding hydrogens is 526 g/mol. The van der Waals surface area contributed by atoms with Gasteiger partial charge < -0.3 is 35.5 Å². The topological polar surface area (TPSA) is 195 Å². The van der Waals surface area contributed by atoms with Gasteiger partial charge in [-0.1, -0.05) is 26.0 Å². The van der Waals surface area contributed by atoms with Crippen LogP contribution >= 0.6 is 11.6 Å². The van der Waals surface area contributed by atoms with Crippen LogP contribution in [0.1, 0.15) is 32.8 Å². The van der Waals surface area contributed by atoms with E-state index in [0.717, 1.165) is 4.90 Å². The summed E-state index contributed by atoms with van der Waals surface area (Å²) in [6, 6.07) is 3.75. The van der Waals surface area contributed by atoms with Gasteiger partial charge in [-0.25, -0.2) is 14.5 Å². The molecule has 2 aliphatic rings. The van der Waals surface area contributed by atoms with E-state index in [2.05, 4.69) is 5.32 Å².